The number of nitrogen functional groups attached to an aromatic ring is 1. The zero-order valence-corrected chi connectivity index (χ0v) is 11.8. The van der Waals surface area contributed by atoms with Gasteiger partial charge in [0.2, 0.25) is 0 Å². The summed E-state index contributed by atoms with van der Waals surface area (Å²) in [7, 11) is 0. The Labute approximate surface area is 118 Å². The van der Waals surface area contributed by atoms with E-state index >= 15 is 0 Å². The van der Waals surface area contributed by atoms with Gasteiger partial charge in [0.25, 0.3) is 0 Å². The minimum atomic E-state index is -0.451. The first-order valence-electron chi connectivity index (χ1n) is 6.33. The first kappa shape index (κ1) is 15.8. The van der Waals surface area contributed by atoms with Crippen molar-refractivity contribution >= 4 is 17.4 Å². The van der Waals surface area contributed by atoms with Crippen molar-refractivity contribution < 1.29 is 19.1 Å². The molecule has 0 aromatic heterocycles. The number of nitrogens with two attached hydrogens (primary N) is 1. The summed E-state index contributed by atoms with van der Waals surface area (Å²) in [6.07, 6.45) is 0.379. The fourth-order valence-corrected chi connectivity index (χ4v) is 1.47. The minimum Gasteiger partial charge on any atom is -0.490 e. The number of anilines is 1. The molecule has 0 radical (unpaired) electrons. The molecule has 108 valence electrons. The van der Waals surface area contributed by atoms with Gasteiger partial charge >= 0.3 is 5.97 Å². The lowest BCUT2D eigenvalue weighted by Crippen LogP contribution is -2.12. The lowest BCUT2D eigenvalue weighted by molar-refractivity contribution is -0.139. The Morgan fingerprint density at radius 3 is 2.60 bits per heavy atom. The number of carbonyl (C=O) groups is 2. The number of ketones is 1. The van der Waals surface area contributed by atoms with Crippen molar-refractivity contribution in [2.24, 2.45) is 0 Å². The number of hydrogen-bond donors (Lipinski definition) is 1. The molecule has 0 amide bonds. The van der Waals surface area contributed by atoms with Gasteiger partial charge in [-0.05, 0) is 25.1 Å². The van der Waals surface area contributed by atoms with Crippen LogP contribution in [-0.4, -0.2) is 25.0 Å². The minimum absolute atomic E-state index is 0.0401. The standard InChI is InChI=1S/C15H19NO4/c1-4-14(17)12-9-11(5-6-13(12)16)19-7-8-20-15(18)10(2)3/h5-6,9H,2,4,7-8,16H2,1,3H3. The quantitative estimate of drug-likeness (QED) is 0.272. The number of carbonyl (C=O) groups excluding carboxylic acids is 2. The third kappa shape index (κ3) is 4.42. The fraction of sp³-hybridized carbons (Fsp3) is 0.333. The highest BCUT2D eigenvalue weighted by atomic mass is 16.6. The summed E-state index contributed by atoms with van der Waals surface area (Å²) < 4.78 is 10.3. The highest BCUT2D eigenvalue weighted by Gasteiger charge is 2.09. The molecule has 5 heteroatoms. The fourth-order valence-electron chi connectivity index (χ4n) is 1.47. The summed E-state index contributed by atoms with van der Waals surface area (Å²) >= 11 is 0. The van der Waals surface area contributed by atoms with E-state index in [0.717, 1.165) is 0 Å². The molecule has 2 N–H and O–H groups in total. The van der Waals surface area contributed by atoms with Crippen molar-refractivity contribution in [1.82, 2.24) is 0 Å². The largest absolute Gasteiger partial charge is 0.490 e. The SMILES string of the molecule is C=C(C)C(=O)OCCOc1ccc(N)c(C(=O)CC)c1. The molecule has 0 bridgehead atoms. The van der Waals surface area contributed by atoms with Crippen molar-refractivity contribution in [3.05, 3.63) is 35.9 Å². The maximum atomic E-state index is 11.7. The van der Waals surface area contributed by atoms with Gasteiger partial charge in [-0.15, -0.1) is 0 Å². The lowest BCUT2D eigenvalue weighted by atomic mass is 10.1. The van der Waals surface area contributed by atoms with Crippen LogP contribution in [0.2, 0.25) is 0 Å². The zero-order chi connectivity index (χ0) is 15.1. The van der Waals surface area contributed by atoms with Crippen LogP contribution in [0.1, 0.15) is 30.6 Å². The van der Waals surface area contributed by atoms with Crippen molar-refractivity contribution in [2.75, 3.05) is 18.9 Å². The number of rotatable bonds is 7. The van der Waals surface area contributed by atoms with Crippen LogP contribution in [-0.2, 0) is 9.53 Å². The average Bonchev–Trinajstić information content (AvgIpc) is 2.43. The highest BCUT2D eigenvalue weighted by molar-refractivity contribution is 6.00. The van der Waals surface area contributed by atoms with Gasteiger partial charge in [-0.3, -0.25) is 4.79 Å². The molecule has 1 aromatic rings. The lowest BCUT2D eigenvalue weighted by Gasteiger charge is -2.10. The van der Waals surface area contributed by atoms with Crippen molar-refractivity contribution in [3.8, 4) is 5.75 Å². The average molecular weight is 277 g/mol. The summed E-state index contributed by atoms with van der Waals surface area (Å²) in [5.41, 5.74) is 6.96. The van der Waals surface area contributed by atoms with Crippen molar-refractivity contribution in [2.45, 2.75) is 20.3 Å². The van der Waals surface area contributed by atoms with Gasteiger partial charge in [0.15, 0.2) is 5.78 Å². The molecular weight excluding hydrogens is 258 g/mol. The van der Waals surface area contributed by atoms with Crippen LogP contribution in [0.4, 0.5) is 5.69 Å². The van der Waals surface area contributed by atoms with E-state index in [1.807, 2.05) is 0 Å². The Bertz CT molecular complexity index is 523. The Morgan fingerprint density at radius 1 is 1.30 bits per heavy atom. The Balaban J connectivity index is 2.55. The van der Waals surface area contributed by atoms with Crippen LogP contribution in [0.5, 0.6) is 5.75 Å². The molecule has 0 aliphatic carbocycles. The van der Waals surface area contributed by atoms with E-state index in [9.17, 15) is 9.59 Å². The summed E-state index contributed by atoms with van der Waals surface area (Å²) in [6.45, 7) is 7.14. The number of Topliss-reactive ketones (excluding diaryl/α,β-unsaturated/α-hetero) is 1. The molecule has 1 aromatic carbocycles. The maximum Gasteiger partial charge on any atom is 0.333 e. The molecule has 0 atom stereocenters. The van der Waals surface area contributed by atoms with E-state index in [1.54, 1.807) is 32.0 Å². The number of esters is 1. The van der Waals surface area contributed by atoms with Gasteiger partial charge in [-0.25, -0.2) is 4.79 Å². The smallest absolute Gasteiger partial charge is 0.333 e. The molecule has 0 heterocycles. The number of hydrogen-bond acceptors (Lipinski definition) is 5. The van der Waals surface area contributed by atoms with Gasteiger partial charge < -0.3 is 15.2 Å². The van der Waals surface area contributed by atoms with E-state index in [2.05, 4.69) is 6.58 Å². The highest BCUT2D eigenvalue weighted by Crippen LogP contribution is 2.21. The van der Waals surface area contributed by atoms with Gasteiger partial charge in [0.1, 0.15) is 19.0 Å². The van der Waals surface area contributed by atoms with Crippen LogP contribution < -0.4 is 10.5 Å². The predicted molar refractivity (Wildman–Crippen MR) is 76.7 cm³/mol. The summed E-state index contributed by atoms with van der Waals surface area (Å²) in [4.78, 5) is 22.8. The molecule has 0 spiro atoms. The van der Waals surface area contributed by atoms with Crippen LogP contribution in [0.25, 0.3) is 0 Å². The first-order valence-corrected chi connectivity index (χ1v) is 6.33. The summed E-state index contributed by atoms with van der Waals surface area (Å²) in [6, 6.07) is 4.89. The van der Waals surface area contributed by atoms with Gasteiger partial charge in [-0.2, -0.15) is 0 Å². The van der Waals surface area contributed by atoms with Crippen molar-refractivity contribution in [1.29, 1.82) is 0 Å². The van der Waals surface area contributed by atoms with Gasteiger partial charge in [-0.1, -0.05) is 13.5 Å². The molecular formula is C15H19NO4. The molecule has 20 heavy (non-hydrogen) atoms. The second-order valence-electron chi connectivity index (χ2n) is 4.29. The topological polar surface area (TPSA) is 78.6 Å². The maximum absolute atomic E-state index is 11.7. The molecule has 0 fully saturated rings. The van der Waals surface area contributed by atoms with E-state index in [0.29, 0.717) is 29.0 Å². The van der Waals surface area contributed by atoms with Crippen LogP contribution in [0.3, 0.4) is 0 Å². The van der Waals surface area contributed by atoms with Crippen LogP contribution in [0.15, 0.2) is 30.4 Å². The summed E-state index contributed by atoms with van der Waals surface area (Å²) in [5, 5.41) is 0. The molecule has 1 rings (SSSR count). The van der Waals surface area contributed by atoms with E-state index in [4.69, 9.17) is 15.2 Å². The first-order chi connectivity index (χ1) is 9.45. The Morgan fingerprint density at radius 2 is 2.00 bits per heavy atom. The molecule has 0 aliphatic rings. The zero-order valence-electron chi connectivity index (χ0n) is 11.8. The Hall–Kier alpha value is -2.30. The van der Waals surface area contributed by atoms with Crippen LogP contribution in [0, 0.1) is 0 Å². The Kier molecular flexibility index (Phi) is 5.77. The third-order valence-electron chi connectivity index (χ3n) is 2.58. The molecule has 0 saturated heterocycles. The third-order valence-corrected chi connectivity index (χ3v) is 2.58. The van der Waals surface area contributed by atoms with E-state index < -0.39 is 5.97 Å². The molecule has 0 aliphatic heterocycles. The monoisotopic (exact) mass is 277 g/mol. The summed E-state index contributed by atoms with van der Waals surface area (Å²) in [5.74, 6) is 0.0248. The number of benzene rings is 1. The second kappa shape index (κ2) is 7.33. The molecule has 0 saturated carbocycles. The molecule has 5 nitrogen and oxygen atoms in total. The normalized spacial score (nSPS) is 9.90. The van der Waals surface area contributed by atoms with E-state index in [1.165, 1.54) is 0 Å². The predicted octanol–water partition coefficient (Wildman–Crippen LogP) is 2.36. The van der Waals surface area contributed by atoms with E-state index in [-0.39, 0.29) is 19.0 Å². The van der Waals surface area contributed by atoms with Crippen LogP contribution >= 0.6 is 0 Å². The van der Waals surface area contributed by atoms with Crippen molar-refractivity contribution in [3.63, 3.8) is 0 Å². The van der Waals surface area contributed by atoms with Gasteiger partial charge in [0, 0.05) is 23.2 Å². The molecule has 0 unspecified atom stereocenters. The second-order valence-corrected chi connectivity index (χ2v) is 4.29. The number of ether oxygens (including phenoxy) is 2. The van der Waals surface area contributed by atoms with Gasteiger partial charge in [0.05, 0.1) is 0 Å².